The molecule has 0 atom stereocenters. The van der Waals surface area contributed by atoms with Crippen LogP contribution in [-0.4, -0.2) is 35.8 Å². The third-order valence-electron chi connectivity index (χ3n) is 6.39. The third kappa shape index (κ3) is 3.73. The first-order valence-electron chi connectivity index (χ1n) is 10.8. The Hall–Kier alpha value is -2.35. The molecule has 30 heavy (non-hydrogen) atoms. The van der Waals surface area contributed by atoms with E-state index in [-0.39, 0.29) is 11.7 Å². The summed E-state index contributed by atoms with van der Waals surface area (Å²) < 4.78 is 32.3. The minimum atomic E-state index is -3.48. The Morgan fingerprint density at radius 3 is 2.57 bits per heavy atom. The number of fused-ring (bicyclic) bond motifs is 1. The fraction of sp³-hybridized carbons (Fsp3) is 0.545. The molecule has 2 saturated carbocycles. The summed E-state index contributed by atoms with van der Waals surface area (Å²) in [6.45, 7) is 4.58. The highest BCUT2D eigenvalue weighted by molar-refractivity contribution is 7.91. The second-order valence-corrected chi connectivity index (χ2v) is 10.9. The Bertz CT molecular complexity index is 1170. The third-order valence-corrected chi connectivity index (χ3v) is 8.29. The van der Waals surface area contributed by atoms with Crippen LogP contribution in [0.25, 0.3) is 22.2 Å². The van der Waals surface area contributed by atoms with Crippen LogP contribution in [-0.2, 0) is 9.84 Å². The lowest BCUT2D eigenvalue weighted by Crippen LogP contribution is -2.14. The van der Waals surface area contributed by atoms with Crippen molar-refractivity contribution in [1.82, 2.24) is 15.1 Å². The van der Waals surface area contributed by atoms with Crippen molar-refractivity contribution in [3.8, 4) is 11.1 Å². The van der Waals surface area contributed by atoms with Gasteiger partial charge < -0.3 is 14.8 Å². The first kappa shape index (κ1) is 19.6. The van der Waals surface area contributed by atoms with Crippen molar-refractivity contribution < 1.29 is 12.9 Å². The quantitative estimate of drug-likeness (QED) is 0.569. The predicted molar refractivity (Wildman–Crippen MR) is 116 cm³/mol. The summed E-state index contributed by atoms with van der Waals surface area (Å²) in [5.41, 5.74) is 3.62. The van der Waals surface area contributed by atoms with Crippen LogP contribution < -0.4 is 5.32 Å². The van der Waals surface area contributed by atoms with E-state index in [0.717, 1.165) is 54.6 Å². The van der Waals surface area contributed by atoms with Crippen molar-refractivity contribution >= 4 is 26.8 Å². The minimum absolute atomic E-state index is 0.185. The molecular formula is C22H28N4O3S. The van der Waals surface area contributed by atoms with Gasteiger partial charge in [0.2, 0.25) is 5.95 Å². The number of hydrogen-bond donors (Lipinski definition) is 2. The van der Waals surface area contributed by atoms with E-state index in [9.17, 15) is 8.42 Å². The monoisotopic (exact) mass is 428 g/mol. The van der Waals surface area contributed by atoms with Gasteiger partial charge in [-0.2, -0.15) is 0 Å². The van der Waals surface area contributed by atoms with Crippen molar-refractivity contribution in [2.75, 3.05) is 17.6 Å². The van der Waals surface area contributed by atoms with Crippen molar-refractivity contribution in [2.45, 2.75) is 57.3 Å². The van der Waals surface area contributed by atoms with Gasteiger partial charge in [0.25, 0.3) is 0 Å². The maximum absolute atomic E-state index is 13.5. The Morgan fingerprint density at radius 2 is 1.90 bits per heavy atom. The number of nitrogens with zero attached hydrogens (tertiary/aromatic N) is 2. The lowest BCUT2D eigenvalue weighted by molar-refractivity contribution is 0.393. The first-order valence-corrected chi connectivity index (χ1v) is 12.5. The number of sulfone groups is 1. The molecule has 0 unspecified atom stereocenters. The summed E-state index contributed by atoms with van der Waals surface area (Å²) >= 11 is 0. The molecule has 0 spiro atoms. The van der Waals surface area contributed by atoms with Crippen LogP contribution in [0.2, 0.25) is 0 Å². The Balaban J connectivity index is 1.61. The van der Waals surface area contributed by atoms with Crippen LogP contribution in [0.1, 0.15) is 50.0 Å². The highest BCUT2D eigenvalue weighted by Crippen LogP contribution is 2.36. The maximum atomic E-state index is 13.5. The van der Waals surface area contributed by atoms with Crippen molar-refractivity contribution in [3.05, 3.63) is 23.6 Å². The lowest BCUT2D eigenvalue weighted by atomic mass is 10.0. The standard InChI is InChI=1S/C22H28N4O3S/c1-13-20(14(2)29-26-13)17-9-18-21(25-22(24-18)23-11-15-7-8-15)19(10-17)30(27,28)12-16-5-3-4-6-16/h9-10,15-16H,3-8,11-12H2,1-2H3,(H2,23,24,25). The molecule has 2 aliphatic rings. The molecular weight excluding hydrogens is 400 g/mol. The summed E-state index contributed by atoms with van der Waals surface area (Å²) in [6.07, 6.45) is 6.69. The van der Waals surface area contributed by atoms with Crippen LogP contribution in [0, 0.1) is 25.7 Å². The smallest absolute Gasteiger partial charge is 0.201 e. The zero-order chi connectivity index (χ0) is 20.9. The van der Waals surface area contributed by atoms with E-state index in [1.165, 1.54) is 12.8 Å². The lowest BCUT2D eigenvalue weighted by Gasteiger charge is -2.12. The molecule has 2 N–H and O–H groups in total. The molecule has 2 aliphatic carbocycles. The summed E-state index contributed by atoms with van der Waals surface area (Å²) in [5, 5.41) is 7.38. The fourth-order valence-electron chi connectivity index (χ4n) is 4.59. The topological polar surface area (TPSA) is 101 Å². The second kappa shape index (κ2) is 7.41. The number of nitrogens with one attached hydrogen (secondary N) is 2. The average Bonchev–Trinajstić information content (AvgIpc) is 3.06. The molecule has 2 heterocycles. The van der Waals surface area contributed by atoms with E-state index in [1.807, 2.05) is 19.9 Å². The molecule has 0 amide bonds. The van der Waals surface area contributed by atoms with E-state index in [1.54, 1.807) is 6.07 Å². The highest BCUT2D eigenvalue weighted by Gasteiger charge is 2.28. The number of H-pyrrole nitrogens is 1. The highest BCUT2D eigenvalue weighted by atomic mass is 32.2. The normalized spacial score (nSPS) is 17.8. The Morgan fingerprint density at radius 1 is 1.13 bits per heavy atom. The van der Waals surface area contributed by atoms with Crippen LogP contribution in [0.4, 0.5) is 5.95 Å². The zero-order valence-corrected chi connectivity index (χ0v) is 18.3. The number of rotatable bonds is 7. The number of imidazole rings is 1. The largest absolute Gasteiger partial charge is 0.361 e. The number of aromatic nitrogens is 3. The molecule has 2 aromatic heterocycles. The van der Waals surface area contributed by atoms with Crippen molar-refractivity contribution in [1.29, 1.82) is 0 Å². The van der Waals surface area contributed by atoms with Gasteiger partial charge in [0.1, 0.15) is 11.3 Å². The van der Waals surface area contributed by atoms with Crippen molar-refractivity contribution in [3.63, 3.8) is 0 Å². The SMILES string of the molecule is Cc1noc(C)c1-c1cc(S(=O)(=O)CC2CCCC2)c2nc(NCC3CC3)[nH]c2c1. The van der Waals surface area contributed by atoms with Crippen LogP contribution in [0.3, 0.4) is 0 Å². The van der Waals surface area contributed by atoms with Gasteiger partial charge >= 0.3 is 0 Å². The predicted octanol–water partition coefficient (Wildman–Crippen LogP) is 4.62. The summed E-state index contributed by atoms with van der Waals surface area (Å²) in [7, 11) is -3.48. The maximum Gasteiger partial charge on any atom is 0.201 e. The molecule has 5 rings (SSSR count). The number of hydrogen-bond acceptors (Lipinski definition) is 6. The second-order valence-electron chi connectivity index (χ2n) is 8.91. The molecule has 0 radical (unpaired) electrons. The van der Waals surface area contributed by atoms with E-state index in [4.69, 9.17) is 4.52 Å². The summed E-state index contributed by atoms with van der Waals surface area (Å²) in [5.74, 6) is 2.42. The molecule has 0 aliphatic heterocycles. The number of benzene rings is 1. The molecule has 0 bridgehead atoms. The van der Waals surface area contributed by atoms with E-state index >= 15 is 0 Å². The van der Waals surface area contributed by atoms with Gasteiger partial charge in [-0.15, -0.1) is 0 Å². The summed E-state index contributed by atoms with van der Waals surface area (Å²) in [6, 6.07) is 3.70. The van der Waals surface area contributed by atoms with Gasteiger partial charge in [0.15, 0.2) is 9.84 Å². The first-order chi connectivity index (χ1) is 14.4. The van der Waals surface area contributed by atoms with Crippen LogP contribution in [0.15, 0.2) is 21.6 Å². The van der Waals surface area contributed by atoms with Gasteiger partial charge in [-0.1, -0.05) is 18.0 Å². The van der Waals surface area contributed by atoms with Gasteiger partial charge in [0, 0.05) is 12.1 Å². The van der Waals surface area contributed by atoms with Gasteiger partial charge in [0.05, 0.1) is 21.9 Å². The minimum Gasteiger partial charge on any atom is -0.361 e. The van der Waals surface area contributed by atoms with Gasteiger partial charge in [-0.3, -0.25) is 0 Å². The van der Waals surface area contributed by atoms with E-state index in [0.29, 0.717) is 28.0 Å². The zero-order valence-electron chi connectivity index (χ0n) is 17.5. The molecule has 0 saturated heterocycles. The molecule has 3 aromatic rings. The van der Waals surface area contributed by atoms with Gasteiger partial charge in [-0.05, 0) is 69.1 Å². The molecule has 2 fully saturated rings. The molecule has 8 heteroatoms. The van der Waals surface area contributed by atoms with E-state index in [2.05, 4.69) is 20.4 Å². The molecule has 160 valence electrons. The van der Waals surface area contributed by atoms with Gasteiger partial charge in [-0.25, -0.2) is 13.4 Å². The number of aromatic amines is 1. The van der Waals surface area contributed by atoms with Crippen LogP contribution in [0.5, 0.6) is 0 Å². The molecule has 7 nitrogen and oxygen atoms in total. The Kier molecular flexibility index (Phi) is 4.84. The Labute approximate surface area is 176 Å². The fourth-order valence-corrected chi connectivity index (χ4v) is 6.48. The number of anilines is 1. The van der Waals surface area contributed by atoms with E-state index < -0.39 is 9.84 Å². The number of aryl methyl sites for hydroxylation is 2. The summed E-state index contributed by atoms with van der Waals surface area (Å²) in [4.78, 5) is 8.23. The van der Waals surface area contributed by atoms with Crippen LogP contribution >= 0.6 is 0 Å². The molecule has 1 aromatic carbocycles. The average molecular weight is 429 g/mol. The van der Waals surface area contributed by atoms with Crippen molar-refractivity contribution in [2.24, 2.45) is 11.8 Å².